The van der Waals surface area contributed by atoms with Crippen molar-refractivity contribution >= 4 is 50.9 Å². The van der Waals surface area contributed by atoms with E-state index in [2.05, 4.69) is 5.32 Å². The zero-order chi connectivity index (χ0) is 24.9. The summed E-state index contributed by atoms with van der Waals surface area (Å²) in [5.41, 5.74) is 2.50. The Bertz CT molecular complexity index is 1250. The zero-order valence-corrected chi connectivity index (χ0v) is 22.2. The highest BCUT2D eigenvalue weighted by atomic mass is 35.5. The maximum atomic E-state index is 13.4. The lowest BCUT2D eigenvalue weighted by Crippen LogP contribution is -2.41. The fourth-order valence-electron chi connectivity index (χ4n) is 3.35. The first-order valence-electron chi connectivity index (χ1n) is 10.5. The number of hydrogen-bond acceptors (Lipinski definition) is 4. The second kappa shape index (κ2) is 11.6. The standard InChI is InChI=1S/C25H26Cl2N2O3S2/c1-17-4-11-22(12-5-17)34(31,32)29(15-19-6-13-23(26)24(27)14-19)16-25(30)28-18(2)20-7-9-21(33-3)10-8-20/h4-14,18H,15-16H2,1-3H3,(H,28,30)/t18-/m1/s1. The van der Waals surface area contributed by atoms with Crippen LogP contribution in [0.1, 0.15) is 29.7 Å². The first-order chi connectivity index (χ1) is 16.1. The Labute approximate surface area is 215 Å². The number of nitrogens with zero attached hydrogens (tertiary/aromatic N) is 1. The number of sulfonamides is 1. The van der Waals surface area contributed by atoms with Gasteiger partial charge in [-0.2, -0.15) is 4.31 Å². The molecule has 0 fully saturated rings. The van der Waals surface area contributed by atoms with E-state index in [0.29, 0.717) is 15.6 Å². The van der Waals surface area contributed by atoms with Gasteiger partial charge in [0.25, 0.3) is 0 Å². The number of carbonyl (C=O) groups excluding carboxylic acids is 1. The van der Waals surface area contributed by atoms with Crippen LogP contribution >= 0.6 is 35.0 Å². The monoisotopic (exact) mass is 536 g/mol. The largest absolute Gasteiger partial charge is 0.348 e. The minimum Gasteiger partial charge on any atom is -0.348 e. The van der Waals surface area contributed by atoms with Crippen LogP contribution in [0, 0.1) is 6.92 Å². The van der Waals surface area contributed by atoms with Crippen LogP contribution in [-0.2, 0) is 21.4 Å². The second-order valence-electron chi connectivity index (χ2n) is 7.90. The highest BCUT2D eigenvalue weighted by Crippen LogP contribution is 2.25. The van der Waals surface area contributed by atoms with Gasteiger partial charge in [-0.05, 0) is 67.6 Å². The molecule has 0 aliphatic rings. The quantitative estimate of drug-likeness (QED) is 0.336. The molecule has 0 heterocycles. The molecule has 0 aliphatic carbocycles. The van der Waals surface area contributed by atoms with E-state index < -0.39 is 15.9 Å². The van der Waals surface area contributed by atoms with Gasteiger partial charge in [0, 0.05) is 11.4 Å². The molecular formula is C25H26Cl2N2O3S2. The molecule has 0 spiro atoms. The molecule has 0 aromatic heterocycles. The molecule has 34 heavy (non-hydrogen) atoms. The van der Waals surface area contributed by atoms with E-state index in [-0.39, 0.29) is 24.0 Å². The Morgan fingerprint density at radius 3 is 2.24 bits per heavy atom. The van der Waals surface area contributed by atoms with E-state index in [9.17, 15) is 13.2 Å². The van der Waals surface area contributed by atoms with Crippen molar-refractivity contribution in [2.45, 2.75) is 36.2 Å². The predicted molar refractivity (Wildman–Crippen MR) is 140 cm³/mol. The van der Waals surface area contributed by atoms with E-state index >= 15 is 0 Å². The van der Waals surface area contributed by atoms with Crippen molar-refractivity contribution in [3.63, 3.8) is 0 Å². The number of rotatable bonds is 9. The van der Waals surface area contributed by atoms with Gasteiger partial charge in [-0.1, -0.05) is 59.1 Å². The normalized spacial score (nSPS) is 12.5. The summed E-state index contributed by atoms with van der Waals surface area (Å²) in [5.74, 6) is -0.405. The van der Waals surface area contributed by atoms with Crippen LogP contribution in [0.2, 0.25) is 10.0 Å². The lowest BCUT2D eigenvalue weighted by molar-refractivity contribution is -0.122. The average molecular weight is 538 g/mol. The fraction of sp³-hybridized carbons (Fsp3) is 0.240. The summed E-state index contributed by atoms with van der Waals surface area (Å²) < 4.78 is 28.0. The van der Waals surface area contributed by atoms with E-state index in [1.54, 1.807) is 54.2 Å². The van der Waals surface area contributed by atoms with Crippen LogP contribution in [0.4, 0.5) is 0 Å². The number of nitrogens with one attached hydrogen (secondary N) is 1. The smallest absolute Gasteiger partial charge is 0.243 e. The van der Waals surface area contributed by atoms with Crippen molar-refractivity contribution in [1.29, 1.82) is 0 Å². The van der Waals surface area contributed by atoms with Gasteiger partial charge in [0.2, 0.25) is 15.9 Å². The summed E-state index contributed by atoms with van der Waals surface area (Å²) in [6.07, 6.45) is 2.00. The van der Waals surface area contributed by atoms with Gasteiger partial charge in [0.05, 0.1) is 27.5 Å². The number of halogens is 2. The highest BCUT2D eigenvalue weighted by molar-refractivity contribution is 7.98. The van der Waals surface area contributed by atoms with Crippen LogP contribution in [-0.4, -0.2) is 31.4 Å². The molecule has 180 valence electrons. The SMILES string of the molecule is CSc1ccc([C@@H](C)NC(=O)CN(Cc2ccc(Cl)c(Cl)c2)S(=O)(=O)c2ccc(C)cc2)cc1. The summed E-state index contributed by atoms with van der Waals surface area (Å²) in [4.78, 5) is 14.2. The topological polar surface area (TPSA) is 66.5 Å². The first-order valence-corrected chi connectivity index (χ1v) is 14.0. The molecule has 3 aromatic rings. The Kier molecular flexibility index (Phi) is 9.07. The van der Waals surface area contributed by atoms with E-state index in [0.717, 1.165) is 20.3 Å². The number of aryl methyl sites for hydroxylation is 1. The van der Waals surface area contributed by atoms with Crippen molar-refractivity contribution in [1.82, 2.24) is 9.62 Å². The molecule has 9 heteroatoms. The van der Waals surface area contributed by atoms with E-state index in [4.69, 9.17) is 23.2 Å². The Morgan fingerprint density at radius 1 is 1.00 bits per heavy atom. The van der Waals surface area contributed by atoms with Gasteiger partial charge in [-0.15, -0.1) is 11.8 Å². The summed E-state index contributed by atoms with van der Waals surface area (Å²) in [6, 6.07) is 19.0. The highest BCUT2D eigenvalue weighted by Gasteiger charge is 2.27. The summed E-state index contributed by atoms with van der Waals surface area (Å²) in [5, 5.41) is 3.59. The number of hydrogen-bond donors (Lipinski definition) is 1. The van der Waals surface area contributed by atoms with Crippen molar-refractivity contribution < 1.29 is 13.2 Å². The number of benzene rings is 3. The van der Waals surface area contributed by atoms with Crippen molar-refractivity contribution in [2.75, 3.05) is 12.8 Å². The van der Waals surface area contributed by atoms with Crippen molar-refractivity contribution in [3.05, 3.63) is 93.5 Å². The molecular weight excluding hydrogens is 511 g/mol. The van der Waals surface area contributed by atoms with Crippen LogP contribution in [0.15, 0.2) is 76.5 Å². The van der Waals surface area contributed by atoms with Gasteiger partial charge in [-0.3, -0.25) is 4.79 Å². The van der Waals surface area contributed by atoms with Crippen molar-refractivity contribution in [3.8, 4) is 0 Å². The van der Waals surface area contributed by atoms with Crippen molar-refractivity contribution in [2.24, 2.45) is 0 Å². The number of carbonyl (C=O) groups is 1. The van der Waals surface area contributed by atoms with E-state index in [1.807, 2.05) is 44.4 Å². The van der Waals surface area contributed by atoms with E-state index in [1.165, 1.54) is 0 Å². The molecule has 0 unspecified atom stereocenters. The molecule has 0 aliphatic heterocycles. The molecule has 5 nitrogen and oxygen atoms in total. The molecule has 0 radical (unpaired) electrons. The molecule has 0 bridgehead atoms. The van der Waals surface area contributed by atoms with Gasteiger partial charge in [-0.25, -0.2) is 8.42 Å². The first kappa shape index (κ1) is 26.6. The minimum absolute atomic E-state index is 0.0304. The van der Waals surface area contributed by atoms with Gasteiger partial charge < -0.3 is 5.32 Å². The molecule has 0 saturated carbocycles. The lowest BCUT2D eigenvalue weighted by atomic mass is 10.1. The second-order valence-corrected chi connectivity index (χ2v) is 11.5. The van der Waals surface area contributed by atoms with Crippen LogP contribution in [0.25, 0.3) is 0 Å². The van der Waals surface area contributed by atoms with Crippen LogP contribution < -0.4 is 5.32 Å². The maximum absolute atomic E-state index is 13.4. The predicted octanol–water partition coefficient (Wildman–Crippen LogP) is 6.09. The van der Waals surface area contributed by atoms with Crippen LogP contribution in [0.3, 0.4) is 0 Å². The third-order valence-electron chi connectivity index (χ3n) is 5.31. The molecule has 0 saturated heterocycles. The van der Waals surface area contributed by atoms with Gasteiger partial charge in [0.1, 0.15) is 0 Å². The fourth-order valence-corrected chi connectivity index (χ4v) is 5.46. The summed E-state index contributed by atoms with van der Waals surface area (Å²) >= 11 is 13.8. The third kappa shape index (κ3) is 6.77. The number of thioether (sulfide) groups is 1. The average Bonchev–Trinajstić information content (AvgIpc) is 2.81. The third-order valence-corrected chi connectivity index (χ3v) is 8.60. The summed E-state index contributed by atoms with van der Waals surface area (Å²) in [7, 11) is -3.95. The molecule has 3 rings (SSSR count). The van der Waals surface area contributed by atoms with Gasteiger partial charge in [0.15, 0.2) is 0 Å². The zero-order valence-electron chi connectivity index (χ0n) is 19.1. The molecule has 1 amide bonds. The molecule has 1 atom stereocenters. The Balaban J connectivity index is 1.83. The molecule has 1 N–H and O–H groups in total. The number of amides is 1. The Morgan fingerprint density at radius 2 is 1.65 bits per heavy atom. The molecule has 3 aromatic carbocycles. The lowest BCUT2D eigenvalue weighted by Gasteiger charge is -2.23. The Hall–Kier alpha value is -2.03. The summed E-state index contributed by atoms with van der Waals surface area (Å²) in [6.45, 7) is 3.37. The maximum Gasteiger partial charge on any atom is 0.243 e. The van der Waals surface area contributed by atoms with Gasteiger partial charge >= 0.3 is 0 Å². The van der Waals surface area contributed by atoms with Crippen LogP contribution in [0.5, 0.6) is 0 Å². The minimum atomic E-state index is -3.95.